The summed E-state index contributed by atoms with van der Waals surface area (Å²) in [7, 11) is 0. The van der Waals surface area contributed by atoms with Crippen molar-refractivity contribution in [1.82, 2.24) is 4.98 Å². The molecule has 0 fully saturated rings. The van der Waals surface area contributed by atoms with Gasteiger partial charge in [0.1, 0.15) is 5.75 Å². The first-order valence-corrected chi connectivity index (χ1v) is 7.78. The third-order valence-electron chi connectivity index (χ3n) is 3.82. The van der Waals surface area contributed by atoms with Crippen LogP contribution in [0.5, 0.6) is 5.75 Å². The van der Waals surface area contributed by atoms with E-state index in [4.69, 9.17) is 4.74 Å². The van der Waals surface area contributed by atoms with Crippen molar-refractivity contribution in [2.75, 3.05) is 6.61 Å². The van der Waals surface area contributed by atoms with Crippen molar-refractivity contribution < 1.29 is 27.8 Å². The van der Waals surface area contributed by atoms with Gasteiger partial charge in [-0.2, -0.15) is 8.78 Å². The molecule has 0 radical (unpaired) electrons. The number of para-hydroxylation sites is 1. The second kappa shape index (κ2) is 7.35. The fourth-order valence-corrected chi connectivity index (χ4v) is 2.70. The lowest BCUT2D eigenvalue weighted by atomic mass is 10.1. The molecule has 26 heavy (non-hydrogen) atoms. The fraction of sp³-hybridized carbons (Fsp3) is 0.158. The Labute approximate surface area is 147 Å². The second-order valence-electron chi connectivity index (χ2n) is 5.57. The Bertz CT molecular complexity index is 948. The van der Waals surface area contributed by atoms with Gasteiger partial charge in [0.15, 0.2) is 6.61 Å². The maximum atomic E-state index is 12.5. The number of hydrogen-bond donors (Lipinski definition) is 1. The van der Waals surface area contributed by atoms with E-state index in [9.17, 15) is 18.4 Å². The highest BCUT2D eigenvalue weighted by Crippen LogP contribution is 2.22. The number of ketones is 1. The highest BCUT2D eigenvalue weighted by molar-refractivity contribution is 6.10. The van der Waals surface area contributed by atoms with Crippen LogP contribution in [0.4, 0.5) is 8.78 Å². The lowest BCUT2D eigenvalue weighted by Gasteiger charge is -2.07. The van der Waals surface area contributed by atoms with Crippen LogP contribution < -0.4 is 4.74 Å². The van der Waals surface area contributed by atoms with Crippen molar-refractivity contribution in [3.05, 3.63) is 65.4 Å². The molecular formula is C19H15F2NO4. The quantitative estimate of drug-likeness (QED) is 0.531. The van der Waals surface area contributed by atoms with E-state index in [1.165, 1.54) is 24.3 Å². The molecule has 1 N–H and O–H groups in total. The lowest BCUT2D eigenvalue weighted by Crippen LogP contribution is -2.15. The number of alkyl halides is 2. The van der Waals surface area contributed by atoms with E-state index >= 15 is 0 Å². The van der Waals surface area contributed by atoms with Gasteiger partial charge in [0.05, 0.1) is 5.56 Å². The van der Waals surface area contributed by atoms with Crippen LogP contribution in [0.3, 0.4) is 0 Å². The van der Waals surface area contributed by atoms with Gasteiger partial charge in [-0.05, 0) is 37.3 Å². The number of carbonyl (C=O) groups is 2. The Morgan fingerprint density at radius 2 is 1.77 bits per heavy atom. The molecule has 0 amide bonds. The normalized spacial score (nSPS) is 10.9. The molecular weight excluding hydrogens is 344 g/mol. The molecule has 0 aliphatic rings. The van der Waals surface area contributed by atoms with Crippen molar-refractivity contribution in [2.24, 2.45) is 0 Å². The maximum Gasteiger partial charge on any atom is 0.387 e. The Kier molecular flexibility index (Phi) is 4.97. The second-order valence-corrected chi connectivity index (χ2v) is 5.57. The van der Waals surface area contributed by atoms with Crippen LogP contribution in [-0.4, -0.2) is 30.0 Å². The Balaban J connectivity index is 1.67. The number of hydrogen-bond acceptors (Lipinski definition) is 4. The van der Waals surface area contributed by atoms with E-state index in [1.807, 2.05) is 24.3 Å². The van der Waals surface area contributed by atoms with Crippen LogP contribution in [0.1, 0.15) is 26.4 Å². The molecule has 0 unspecified atom stereocenters. The lowest BCUT2D eigenvalue weighted by molar-refractivity contribution is -0.0498. The first-order chi connectivity index (χ1) is 12.5. The first-order valence-electron chi connectivity index (χ1n) is 7.78. The van der Waals surface area contributed by atoms with Gasteiger partial charge in [-0.15, -0.1) is 0 Å². The molecule has 1 aromatic heterocycles. The number of carbonyl (C=O) groups excluding carboxylic acids is 2. The minimum atomic E-state index is -2.94. The zero-order valence-corrected chi connectivity index (χ0v) is 13.8. The summed E-state index contributed by atoms with van der Waals surface area (Å²) < 4.78 is 33.5. The Hall–Kier alpha value is -3.22. The number of aromatic nitrogens is 1. The minimum absolute atomic E-state index is 0.0676. The van der Waals surface area contributed by atoms with E-state index < -0.39 is 19.2 Å². The Morgan fingerprint density at radius 1 is 1.08 bits per heavy atom. The summed E-state index contributed by atoms with van der Waals surface area (Å²) in [4.78, 5) is 27.6. The molecule has 0 atom stereocenters. The van der Waals surface area contributed by atoms with Crippen molar-refractivity contribution in [2.45, 2.75) is 13.5 Å². The number of esters is 1. The molecule has 7 heteroatoms. The summed E-state index contributed by atoms with van der Waals surface area (Å²) in [5.41, 5.74) is 2.14. The molecule has 134 valence electrons. The largest absolute Gasteiger partial charge is 0.454 e. The van der Waals surface area contributed by atoms with E-state index in [0.717, 1.165) is 10.9 Å². The fourth-order valence-electron chi connectivity index (χ4n) is 2.70. The summed E-state index contributed by atoms with van der Waals surface area (Å²) in [6.45, 7) is -1.59. The highest BCUT2D eigenvalue weighted by Gasteiger charge is 2.18. The molecule has 0 bridgehead atoms. The standard InChI is InChI=1S/C19H15F2NO4/c1-11-17(14-4-2-3-5-15(14)22-11)16(23)10-25-18(24)12-6-8-13(9-7-12)26-19(20)21/h2-9,19,22H,10H2,1H3. The minimum Gasteiger partial charge on any atom is -0.454 e. The molecule has 0 saturated heterocycles. The number of rotatable bonds is 6. The van der Waals surface area contributed by atoms with Gasteiger partial charge in [-0.3, -0.25) is 4.79 Å². The van der Waals surface area contributed by atoms with Gasteiger partial charge in [0.25, 0.3) is 0 Å². The van der Waals surface area contributed by atoms with Crippen LogP contribution in [0.15, 0.2) is 48.5 Å². The molecule has 0 aliphatic heterocycles. The van der Waals surface area contributed by atoms with Crippen molar-refractivity contribution in [3.63, 3.8) is 0 Å². The summed E-state index contributed by atoms with van der Waals surface area (Å²) in [5.74, 6) is -1.12. The van der Waals surface area contributed by atoms with Crippen LogP contribution in [0, 0.1) is 6.92 Å². The molecule has 0 spiro atoms. The predicted octanol–water partition coefficient (Wildman–Crippen LogP) is 4.12. The van der Waals surface area contributed by atoms with Gasteiger partial charge in [0.2, 0.25) is 5.78 Å². The zero-order valence-electron chi connectivity index (χ0n) is 13.8. The molecule has 1 heterocycles. The molecule has 0 saturated carbocycles. The molecule has 5 nitrogen and oxygen atoms in total. The van der Waals surface area contributed by atoms with Gasteiger partial charge in [-0.1, -0.05) is 18.2 Å². The van der Waals surface area contributed by atoms with Gasteiger partial charge in [0, 0.05) is 22.2 Å². The third-order valence-corrected chi connectivity index (χ3v) is 3.82. The van der Waals surface area contributed by atoms with Crippen LogP contribution >= 0.6 is 0 Å². The smallest absolute Gasteiger partial charge is 0.387 e. The topological polar surface area (TPSA) is 68.4 Å². The monoisotopic (exact) mass is 359 g/mol. The molecule has 0 aliphatic carbocycles. The number of benzene rings is 2. The molecule has 3 rings (SSSR count). The van der Waals surface area contributed by atoms with Gasteiger partial charge >= 0.3 is 12.6 Å². The third kappa shape index (κ3) is 3.72. The van der Waals surface area contributed by atoms with E-state index in [0.29, 0.717) is 11.3 Å². The van der Waals surface area contributed by atoms with E-state index in [-0.39, 0.29) is 17.1 Å². The Morgan fingerprint density at radius 3 is 2.46 bits per heavy atom. The summed E-state index contributed by atoms with van der Waals surface area (Å²) >= 11 is 0. The van der Waals surface area contributed by atoms with E-state index in [2.05, 4.69) is 9.72 Å². The number of fused-ring (bicyclic) bond motifs is 1. The SMILES string of the molecule is Cc1[nH]c2ccccc2c1C(=O)COC(=O)c1ccc(OC(F)F)cc1. The zero-order chi connectivity index (χ0) is 18.7. The summed E-state index contributed by atoms with van der Waals surface area (Å²) in [5, 5.41) is 0.763. The number of ether oxygens (including phenoxy) is 2. The van der Waals surface area contributed by atoms with Gasteiger partial charge < -0.3 is 14.5 Å². The van der Waals surface area contributed by atoms with Crippen LogP contribution in [0.25, 0.3) is 10.9 Å². The van der Waals surface area contributed by atoms with Crippen molar-refractivity contribution in [3.8, 4) is 5.75 Å². The average molecular weight is 359 g/mol. The van der Waals surface area contributed by atoms with E-state index in [1.54, 1.807) is 6.92 Å². The number of aryl methyl sites for hydroxylation is 1. The first kappa shape index (κ1) is 17.6. The predicted molar refractivity (Wildman–Crippen MR) is 90.7 cm³/mol. The highest BCUT2D eigenvalue weighted by atomic mass is 19.3. The number of nitrogens with one attached hydrogen (secondary N) is 1. The number of Topliss-reactive ketones (excluding diaryl/α,β-unsaturated/α-hetero) is 1. The molecule has 2 aromatic carbocycles. The number of aromatic amines is 1. The summed E-state index contributed by atoms with van der Waals surface area (Å²) in [6, 6.07) is 12.4. The van der Waals surface area contributed by atoms with Crippen molar-refractivity contribution in [1.29, 1.82) is 0 Å². The summed E-state index contributed by atoms with van der Waals surface area (Å²) in [6.07, 6.45) is 0. The molecule has 3 aromatic rings. The maximum absolute atomic E-state index is 12.5. The average Bonchev–Trinajstić information content (AvgIpc) is 2.95. The number of halogens is 2. The van der Waals surface area contributed by atoms with Crippen LogP contribution in [0.2, 0.25) is 0 Å². The van der Waals surface area contributed by atoms with Crippen LogP contribution in [-0.2, 0) is 4.74 Å². The number of H-pyrrole nitrogens is 1. The van der Waals surface area contributed by atoms with Crippen molar-refractivity contribution >= 4 is 22.7 Å². The van der Waals surface area contributed by atoms with Gasteiger partial charge in [-0.25, -0.2) is 4.79 Å².